The second-order valence-electron chi connectivity index (χ2n) is 5.43. The zero-order chi connectivity index (χ0) is 15.6. The lowest BCUT2D eigenvalue weighted by atomic mass is 10.2. The largest absolute Gasteiger partial charge is 0.594 e. The zero-order valence-electron chi connectivity index (χ0n) is 12.2. The van der Waals surface area contributed by atoms with Crippen LogP contribution in [-0.4, -0.2) is 50.7 Å². The maximum Gasteiger partial charge on any atom is 0.301 e. The molecule has 0 radical (unpaired) electrons. The Hall–Kier alpha value is -1.70. The van der Waals surface area contributed by atoms with Gasteiger partial charge in [0, 0.05) is 17.9 Å². The van der Waals surface area contributed by atoms with Crippen molar-refractivity contribution < 1.29 is 22.8 Å². The summed E-state index contributed by atoms with van der Waals surface area (Å²) in [4.78, 5) is 3.78. The summed E-state index contributed by atoms with van der Waals surface area (Å²) in [5, 5.41) is 11.2. The van der Waals surface area contributed by atoms with Crippen LogP contribution in [0.1, 0.15) is 27.2 Å². The van der Waals surface area contributed by atoms with E-state index in [4.69, 9.17) is 4.74 Å². The van der Waals surface area contributed by atoms with Crippen LogP contribution in [0.15, 0.2) is 20.5 Å². The highest BCUT2D eigenvalue weighted by Gasteiger charge is 2.22. The molecule has 0 fully saturated rings. The SMILES string of the molecule is C[N+](C)=C1C=C(S(=O)(=O)N=C([O-])OC(C)(C)C)N=CC1. The van der Waals surface area contributed by atoms with Gasteiger partial charge in [-0.15, -0.1) is 4.40 Å². The van der Waals surface area contributed by atoms with Crippen molar-refractivity contribution in [3.8, 4) is 0 Å². The molecule has 112 valence electrons. The van der Waals surface area contributed by atoms with Gasteiger partial charge in [0.05, 0.1) is 6.42 Å². The molecule has 0 atom stereocenters. The van der Waals surface area contributed by atoms with E-state index < -0.39 is 21.7 Å². The van der Waals surface area contributed by atoms with Crippen LogP contribution in [0, 0.1) is 0 Å². The Kier molecular flexibility index (Phi) is 4.69. The summed E-state index contributed by atoms with van der Waals surface area (Å²) in [5.74, 6) is 0. The Morgan fingerprint density at radius 3 is 2.55 bits per heavy atom. The quantitative estimate of drug-likeness (QED) is 0.403. The smallest absolute Gasteiger partial charge is 0.301 e. The van der Waals surface area contributed by atoms with E-state index >= 15 is 0 Å². The number of hydrogen-bond acceptors (Lipinski definition) is 5. The molecule has 7 nitrogen and oxygen atoms in total. The number of sulfonamides is 1. The molecule has 0 amide bonds. The summed E-state index contributed by atoms with van der Waals surface area (Å²) in [7, 11) is -0.571. The summed E-state index contributed by atoms with van der Waals surface area (Å²) < 4.78 is 33.7. The van der Waals surface area contributed by atoms with Crippen LogP contribution in [0.3, 0.4) is 0 Å². The second kappa shape index (κ2) is 5.74. The molecule has 0 N–H and O–H groups in total. The molecule has 0 bridgehead atoms. The van der Waals surface area contributed by atoms with Crippen LogP contribution in [0.2, 0.25) is 0 Å². The molecule has 0 saturated carbocycles. The van der Waals surface area contributed by atoms with Crippen LogP contribution in [-0.2, 0) is 14.8 Å². The lowest BCUT2D eigenvalue weighted by molar-refractivity contribution is -0.464. The predicted octanol–water partition coefficient (Wildman–Crippen LogP) is -0.123. The van der Waals surface area contributed by atoms with Gasteiger partial charge in [-0.3, -0.25) is 0 Å². The summed E-state index contributed by atoms with van der Waals surface area (Å²) in [6.07, 6.45) is 2.24. The number of aliphatic imine (C=N–C) groups is 1. The van der Waals surface area contributed by atoms with Gasteiger partial charge in [-0.1, -0.05) is 20.8 Å². The summed E-state index contributed by atoms with van der Waals surface area (Å²) >= 11 is 0. The van der Waals surface area contributed by atoms with E-state index in [2.05, 4.69) is 9.39 Å². The standard InChI is InChI=1S/C12H19N3O4S/c1-12(2,3)19-11(16)14-20(17,18)10-8-9(15(4)5)6-7-13-10/h7-8H,6H2,1-5H3. The molecule has 0 aromatic rings. The number of allylic oxidation sites excluding steroid dienone is 1. The highest BCUT2D eigenvalue weighted by atomic mass is 32.2. The average Bonchev–Trinajstić information content (AvgIpc) is 2.25. The van der Waals surface area contributed by atoms with Gasteiger partial charge in [-0.25, -0.2) is 9.57 Å². The minimum atomic E-state index is -4.16. The van der Waals surface area contributed by atoms with Crippen molar-refractivity contribution in [2.24, 2.45) is 9.39 Å². The van der Waals surface area contributed by atoms with Crippen molar-refractivity contribution in [2.45, 2.75) is 32.8 Å². The first-order chi connectivity index (χ1) is 9.01. The van der Waals surface area contributed by atoms with Gasteiger partial charge in [0.15, 0.2) is 16.8 Å². The van der Waals surface area contributed by atoms with E-state index in [9.17, 15) is 13.5 Å². The molecule has 0 spiro atoms. The van der Waals surface area contributed by atoms with Crippen LogP contribution >= 0.6 is 0 Å². The van der Waals surface area contributed by atoms with Crippen LogP contribution in [0.5, 0.6) is 0 Å². The molecule has 0 aromatic carbocycles. The fourth-order valence-corrected chi connectivity index (χ4v) is 2.17. The fourth-order valence-electron chi connectivity index (χ4n) is 1.35. The lowest BCUT2D eigenvalue weighted by Gasteiger charge is -2.29. The molecule has 1 aliphatic heterocycles. The first-order valence-electron chi connectivity index (χ1n) is 6.00. The van der Waals surface area contributed by atoms with Crippen LogP contribution in [0.4, 0.5) is 0 Å². The van der Waals surface area contributed by atoms with Gasteiger partial charge in [0.2, 0.25) is 0 Å². The van der Waals surface area contributed by atoms with Gasteiger partial charge in [0.1, 0.15) is 14.1 Å². The predicted molar refractivity (Wildman–Crippen MR) is 75.5 cm³/mol. The van der Waals surface area contributed by atoms with Crippen molar-refractivity contribution in [1.82, 2.24) is 0 Å². The van der Waals surface area contributed by atoms with Gasteiger partial charge in [0.25, 0.3) is 0 Å². The molecular weight excluding hydrogens is 282 g/mol. The van der Waals surface area contributed by atoms with E-state index in [1.807, 2.05) is 0 Å². The normalized spacial score (nSPS) is 16.9. The van der Waals surface area contributed by atoms with Crippen molar-refractivity contribution >= 4 is 28.0 Å². The molecule has 1 heterocycles. The monoisotopic (exact) mass is 301 g/mol. The Morgan fingerprint density at radius 2 is 2.05 bits per heavy atom. The van der Waals surface area contributed by atoms with Crippen molar-refractivity contribution in [1.29, 1.82) is 0 Å². The van der Waals surface area contributed by atoms with Crippen molar-refractivity contribution in [2.75, 3.05) is 14.1 Å². The number of hydrogen-bond donors (Lipinski definition) is 0. The third-order valence-electron chi connectivity index (χ3n) is 2.24. The Morgan fingerprint density at radius 1 is 1.45 bits per heavy atom. The zero-order valence-corrected chi connectivity index (χ0v) is 13.1. The highest BCUT2D eigenvalue weighted by molar-refractivity contribution is 7.94. The lowest BCUT2D eigenvalue weighted by Crippen LogP contribution is -2.32. The summed E-state index contributed by atoms with van der Waals surface area (Å²) in [6.45, 7) is 4.88. The first-order valence-corrected chi connectivity index (χ1v) is 7.44. The molecule has 8 heteroatoms. The second-order valence-corrected chi connectivity index (χ2v) is 6.98. The summed E-state index contributed by atoms with van der Waals surface area (Å²) in [5.41, 5.74) is -0.0423. The number of rotatable bonds is 2. The van der Waals surface area contributed by atoms with Gasteiger partial charge in [-0.2, -0.15) is 8.42 Å². The molecule has 1 aliphatic rings. The van der Waals surface area contributed by atoms with Gasteiger partial charge < -0.3 is 9.84 Å². The van der Waals surface area contributed by atoms with Crippen molar-refractivity contribution in [3.05, 3.63) is 11.1 Å². The third-order valence-corrected chi connectivity index (χ3v) is 3.38. The summed E-state index contributed by atoms with van der Waals surface area (Å²) in [6, 6.07) is 0. The Balaban J connectivity index is 3.09. The minimum absolute atomic E-state index is 0.265. The van der Waals surface area contributed by atoms with E-state index in [0.29, 0.717) is 6.42 Å². The average molecular weight is 301 g/mol. The maximum atomic E-state index is 12.0. The molecular formula is C12H19N3O4S. The van der Waals surface area contributed by atoms with Gasteiger partial charge in [-0.05, 0) is 0 Å². The van der Waals surface area contributed by atoms with E-state index in [1.165, 1.54) is 12.3 Å². The minimum Gasteiger partial charge on any atom is -0.594 e. The van der Waals surface area contributed by atoms with E-state index in [-0.39, 0.29) is 5.03 Å². The van der Waals surface area contributed by atoms with Crippen LogP contribution in [0.25, 0.3) is 0 Å². The first kappa shape index (κ1) is 16.4. The maximum absolute atomic E-state index is 12.0. The third kappa shape index (κ3) is 4.76. The van der Waals surface area contributed by atoms with E-state index in [1.54, 1.807) is 39.4 Å². The fraction of sp³-hybridized carbons (Fsp3) is 0.583. The van der Waals surface area contributed by atoms with Crippen molar-refractivity contribution in [3.63, 3.8) is 0 Å². The molecule has 20 heavy (non-hydrogen) atoms. The molecule has 0 saturated heterocycles. The van der Waals surface area contributed by atoms with Crippen LogP contribution < -0.4 is 5.11 Å². The molecule has 0 unspecified atom stereocenters. The molecule has 0 aliphatic carbocycles. The molecule has 1 rings (SSSR count). The Labute approximate surface area is 119 Å². The van der Waals surface area contributed by atoms with Gasteiger partial charge >= 0.3 is 10.0 Å². The highest BCUT2D eigenvalue weighted by Crippen LogP contribution is 2.15. The molecule has 0 aromatic heterocycles. The number of ether oxygens (including phenoxy) is 1. The number of nitrogens with zero attached hydrogens (tertiary/aromatic N) is 3. The Bertz CT molecular complexity index is 603. The topological polar surface area (TPSA) is 94.2 Å². The van der Waals surface area contributed by atoms with E-state index in [0.717, 1.165) is 5.71 Å².